The zero-order valence-electron chi connectivity index (χ0n) is 20.9. The lowest BCUT2D eigenvalue weighted by molar-refractivity contribution is -0.123. The SMILES string of the molecule is CC(C)(C)NC(=O)[C@H](c1c[nH]c2ccccc12)N(C(=O)c1snc(C(N)=O)c1N)c1ccc2c(c1)OCO2. The van der Waals surface area contributed by atoms with Gasteiger partial charge in [0.15, 0.2) is 17.2 Å². The number of anilines is 2. The fourth-order valence-corrected chi connectivity index (χ4v) is 5.06. The maximum atomic E-state index is 14.2. The van der Waals surface area contributed by atoms with Crippen molar-refractivity contribution in [2.75, 3.05) is 17.4 Å². The molecule has 0 spiro atoms. The van der Waals surface area contributed by atoms with Gasteiger partial charge in [0.2, 0.25) is 12.7 Å². The van der Waals surface area contributed by atoms with Gasteiger partial charge in [-0.25, -0.2) is 0 Å². The van der Waals surface area contributed by atoms with E-state index >= 15 is 0 Å². The molecule has 0 radical (unpaired) electrons. The van der Waals surface area contributed by atoms with Crippen LogP contribution in [-0.4, -0.2) is 39.4 Å². The molecule has 5 rings (SSSR count). The highest BCUT2D eigenvalue weighted by molar-refractivity contribution is 7.09. The summed E-state index contributed by atoms with van der Waals surface area (Å²) in [6.45, 7) is 5.59. The molecule has 0 fully saturated rings. The molecule has 1 aliphatic heterocycles. The summed E-state index contributed by atoms with van der Waals surface area (Å²) in [5.74, 6) is -0.982. The molecule has 196 valence electrons. The molecule has 2 aromatic carbocycles. The van der Waals surface area contributed by atoms with Crippen LogP contribution in [0, 0.1) is 0 Å². The maximum absolute atomic E-state index is 14.2. The zero-order valence-corrected chi connectivity index (χ0v) is 21.7. The van der Waals surface area contributed by atoms with E-state index in [0.717, 1.165) is 22.4 Å². The number of nitrogens with one attached hydrogen (secondary N) is 2. The van der Waals surface area contributed by atoms with Gasteiger partial charge in [-0.3, -0.25) is 19.3 Å². The number of nitrogen functional groups attached to an aromatic ring is 1. The summed E-state index contributed by atoms with van der Waals surface area (Å²) in [5.41, 5.74) is 12.3. The number of rotatable bonds is 6. The van der Waals surface area contributed by atoms with Crippen LogP contribution in [0.1, 0.15) is 52.5 Å². The van der Waals surface area contributed by atoms with E-state index in [2.05, 4.69) is 14.7 Å². The number of aromatic amines is 1. The van der Waals surface area contributed by atoms with Gasteiger partial charge in [0.05, 0.1) is 5.69 Å². The van der Waals surface area contributed by atoms with Gasteiger partial charge in [0.1, 0.15) is 10.9 Å². The molecule has 0 aliphatic carbocycles. The summed E-state index contributed by atoms with van der Waals surface area (Å²) in [5, 5.41) is 3.76. The number of nitrogens with zero attached hydrogens (tertiary/aromatic N) is 2. The Kier molecular flexibility index (Phi) is 6.19. The van der Waals surface area contributed by atoms with E-state index in [9.17, 15) is 14.4 Å². The van der Waals surface area contributed by atoms with Crippen molar-refractivity contribution in [3.63, 3.8) is 0 Å². The summed E-state index contributed by atoms with van der Waals surface area (Å²) in [6, 6.07) is 11.3. The van der Waals surface area contributed by atoms with E-state index < -0.39 is 29.3 Å². The topological polar surface area (TPSA) is 166 Å². The molecule has 12 heteroatoms. The fourth-order valence-electron chi connectivity index (χ4n) is 4.31. The van der Waals surface area contributed by atoms with Gasteiger partial charge < -0.3 is 31.2 Å². The Morgan fingerprint density at radius 3 is 2.58 bits per heavy atom. The van der Waals surface area contributed by atoms with E-state index in [1.807, 2.05) is 45.0 Å². The van der Waals surface area contributed by atoms with Crippen molar-refractivity contribution in [2.45, 2.75) is 32.4 Å². The van der Waals surface area contributed by atoms with Crippen molar-refractivity contribution in [1.82, 2.24) is 14.7 Å². The van der Waals surface area contributed by atoms with Crippen LogP contribution in [0.3, 0.4) is 0 Å². The van der Waals surface area contributed by atoms with Crippen LogP contribution in [0.25, 0.3) is 10.9 Å². The number of fused-ring (bicyclic) bond motifs is 2. The fraction of sp³-hybridized carbons (Fsp3) is 0.231. The molecular weight excluding hydrogens is 508 g/mol. The highest BCUT2D eigenvalue weighted by Gasteiger charge is 2.39. The van der Waals surface area contributed by atoms with Gasteiger partial charge in [0, 0.05) is 40.0 Å². The minimum Gasteiger partial charge on any atom is -0.454 e. The Labute approximate surface area is 221 Å². The van der Waals surface area contributed by atoms with Gasteiger partial charge in [-0.05, 0) is 50.5 Å². The number of aromatic nitrogens is 2. The van der Waals surface area contributed by atoms with Crippen LogP contribution in [0.5, 0.6) is 11.5 Å². The number of amides is 3. The molecule has 2 aromatic heterocycles. The molecule has 11 nitrogen and oxygen atoms in total. The molecule has 0 saturated carbocycles. The number of carbonyl (C=O) groups is 3. The summed E-state index contributed by atoms with van der Waals surface area (Å²) in [7, 11) is 0. The molecule has 1 atom stereocenters. The van der Waals surface area contributed by atoms with Crippen molar-refractivity contribution in [3.8, 4) is 11.5 Å². The second kappa shape index (κ2) is 9.38. The normalized spacial score (nSPS) is 13.3. The van der Waals surface area contributed by atoms with Gasteiger partial charge in [0.25, 0.3) is 11.8 Å². The molecule has 3 amide bonds. The van der Waals surface area contributed by atoms with Crippen LogP contribution >= 0.6 is 11.5 Å². The monoisotopic (exact) mass is 534 g/mol. The number of primary amides is 1. The Morgan fingerprint density at radius 1 is 1.13 bits per heavy atom. The maximum Gasteiger partial charge on any atom is 0.273 e. The molecular formula is C26H26N6O5S. The average Bonchev–Trinajstić information content (AvgIpc) is 3.58. The molecule has 38 heavy (non-hydrogen) atoms. The Bertz CT molecular complexity index is 1570. The lowest BCUT2D eigenvalue weighted by Crippen LogP contribution is -2.49. The molecule has 6 N–H and O–H groups in total. The van der Waals surface area contributed by atoms with Crippen molar-refractivity contribution in [3.05, 3.63) is 64.8 Å². The molecule has 3 heterocycles. The average molecular weight is 535 g/mol. The molecule has 0 saturated heterocycles. The van der Waals surface area contributed by atoms with Crippen molar-refractivity contribution in [1.29, 1.82) is 0 Å². The third-order valence-electron chi connectivity index (χ3n) is 5.93. The lowest BCUT2D eigenvalue weighted by atomic mass is 9.99. The molecule has 0 unspecified atom stereocenters. The molecule has 4 aromatic rings. The van der Waals surface area contributed by atoms with Crippen LogP contribution in [-0.2, 0) is 4.79 Å². The number of nitrogens with two attached hydrogens (primary N) is 2. The summed E-state index contributed by atoms with van der Waals surface area (Å²) < 4.78 is 15.0. The van der Waals surface area contributed by atoms with Crippen molar-refractivity contribution < 1.29 is 23.9 Å². The highest BCUT2D eigenvalue weighted by Crippen LogP contribution is 2.41. The van der Waals surface area contributed by atoms with Crippen molar-refractivity contribution >= 4 is 51.5 Å². The summed E-state index contributed by atoms with van der Waals surface area (Å²) in [6.07, 6.45) is 1.70. The van der Waals surface area contributed by atoms with Gasteiger partial charge >= 0.3 is 0 Å². The predicted molar refractivity (Wildman–Crippen MR) is 143 cm³/mol. The number of para-hydroxylation sites is 1. The third kappa shape index (κ3) is 4.50. The first-order chi connectivity index (χ1) is 18.0. The number of carbonyl (C=O) groups excluding carboxylic acids is 3. The first kappa shape index (κ1) is 25.1. The zero-order chi connectivity index (χ0) is 27.2. The Hall–Kier alpha value is -4.58. The standard InChI is InChI=1S/C26H26N6O5S/c1-26(2,3)30-24(34)21(15-11-29-16-7-5-4-6-14(15)16)32(13-8-9-17-18(10-13)37-12-36-17)25(35)22-19(27)20(23(28)33)31-38-22/h4-11,21,29H,12,27H2,1-3H3,(H2,28,33)(H,30,34)/t21-/m0/s1. The number of benzene rings is 2. The van der Waals surface area contributed by atoms with Crippen molar-refractivity contribution in [2.24, 2.45) is 5.73 Å². The minimum absolute atomic E-state index is 0.0233. The van der Waals surface area contributed by atoms with Crippen LogP contribution < -0.4 is 31.2 Å². The number of hydrogen-bond acceptors (Lipinski definition) is 8. The first-order valence-corrected chi connectivity index (χ1v) is 12.5. The van der Waals surface area contributed by atoms with Gasteiger partial charge in [-0.15, -0.1) is 0 Å². The second-order valence-corrected chi connectivity index (χ2v) is 10.6. The number of hydrogen-bond donors (Lipinski definition) is 4. The largest absolute Gasteiger partial charge is 0.454 e. The predicted octanol–water partition coefficient (Wildman–Crippen LogP) is 3.34. The Morgan fingerprint density at radius 2 is 1.87 bits per heavy atom. The smallest absolute Gasteiger partial charge is 0.273 e. The van der Waals surface area contributed by atoms with E-state index in [4.69, 9.17) is 20.9 Å². The highest BCUT2D eigenvalue weighted by atomic mass is 32.1. The van der Waals surface area contributed by atoms with Crippen LogP contribution in [0.2, 0.25) is 0 Å². The second-order valence-electron chi connectivity index (χ2n) is 9.78. The summed E-state index contributed by atoms with van der Waals surface area (Å²) in [4.78, 5) is 44.5. The first-order valence-electron chi connectivity index (χ1n) is 11.7. The number of H-pyrrole nitrogens is 1. The third-order valence-corrected chi connectivity index (χ3v) is 6.78. The van der Waals surface area contributed by atoms with Gasteiger partial charge in [-0.2, -0.15) is 4.37 Å². The molecule has 1 aliphatic rings. The van der Waals surface area contributed by atoms with E-state index in [1.165, 1.54) is 4.90 Å². The summed E-state index contributed by atoms with van der Waals surface area (Å²) >= 11 is 0.742. The van der Waals surface area contributed by atoms with Crippen LogP contribution in [0.15, 0.2) is 48.7 Å². The van der Waals surface area contributed by atoms with E-state index in [0.29, 0.717) is 22.7 Å². The van der Waals surface area contributed by atoms with E-state index in [-0.39, 0.29) is 23.1 Å². The number of ether oxygens (including phenoxy) is 2. The minimum atomic E-state index is -1.14. The molecule has 0 bridgehead atoms. The Balaban J connectivity index is 1.73. The van der Waals surface area contributed by atoms with Gasteiger partial charge in [-0.1, -0.05) is 18.2 Å². The quantitative estimate of drug-likeness (QED) is 0.294. The van der Waals surface area contributed by atoms with Crippen LogP contribution in [0.4, 0.5) is 11.4 Å². The van der Waals surface area contributed by atoms with E-state index in [1.54, 1.807) is 24.4 Å². The lowest BCUT2D eigenvalue weighted by Gasteiger charge is -2.33.